The van der Waals surface area contributed by atoms with E-state index in [1.807, 2.05) is 17.4 Å². The second kappa shape index (κ2) is 3.46. The van der Waals surface area contributed by atoms with Crippen molar-refractivity contribution in [2.75, 3.05) is 0 Å². The third kappa shape index (κ3) is 1.36. The van der Waals surface area contributed by atoms with Crippen molar-refractivity contribution >= 4 is 37.6 Å². The number of rotatable bonds is 1. The van der Waals surface area contributed by atoms with Crippen molar-refractivity contribution in [1.29, 1.82) is 0 Å². The van der Waals surface area contributed by atoms with Crippen LogP contribution in [0.3, 0.4) is 0 Å². The minimum atomic E-state index is 1.19. The van der Waals surface area contributed by atoms with Crippen LogP contribution in [0.2, 0.25) is 0 Å². The zero-order chi connectivity index (χ0) is 11.1. The molecule has 1 heteroatoms. The molecule has 0 radical (unpaired) electrons. The lowest BCUT2D eigenvalue weighted by Gasteiger charge is -1.95. The molecule has 0 fully saturated rings. The average Bonchev–Trinajstić information content (AvgIpc) is 2.66. The second-order valence-electron chi connectivity index (χ2n) is 4.06. The van der Waals surface area contributed by atoms with Crippen molar-refractivity contribution in [1.82, 2.24) is 0 Å². The molecule has 3 rings (SSSR count). The Bertz CT molecular complexity index is 689. The van der Waals surface area contributed by atoms with Crippen LogP contribution < -0.4 is 0 Å². The van der Waals surface area contributed by atoms with Gasteiger partial charge in [0.25, 0.3) is 0 Å². The Labute approximate surface area is 98.8 Å². The molecule has 0 N–H and O–H groups in total. The van der Waals surface area contributed by atoms with Crippen LogP contribution in [0.25, 0.3) is 26.2 Å². The summed E-state index contributed by atoms with van der Waals surface area (Å²) in [6, 6.07) is 13.2. The molecule has 0 aliphatic carbocycles. The van der Waals surface area contributed by atoms with Crippen LogP contribution >= 0.6 is 11.3 Å². The predicted molar refractivity (Wildman–Crippen MR) is 74.2 cm³/mol. The molecule has 0 saturated carbocycles. The van der Waals surface area contributed by atoms with Gasteiger partial charge in [0.15, 0.2) is 0 Å². The molecule has 16 heavy (non-hydrogen) atoms. The molecule has 3 aromatic rings. The topological polar surface area (TPSA) is 0 Å². The van der Waals surface area contributed by atoms with Gasteiger partial charge < -0.3 is 0 Å². The maximum absolute atomic E-state index is 3.82. The lowest BCUT2D eigenvalue weighted by Crippen LogP contribution is -1.72. The molecule has 0 spiro atoms. The van der Waals surface area contributed by atoms with Crippen molar-refractivity contribution in [3.05, 3.63) is 54.1 Å². The number of thiophene rings is 1. The molecular formula is C15H12S. The van der Waals surface area contributed by atoms with E-state index in [0.717, 1.165) is 0 Å². The first-order chi connectivity index (χ1) is 7.78. The van der Waals surface area contributed by atoms with E-state index in [4.69, 9.17) is 0 Å². The summed E-state index contributed by atoms with van der Waals surface area (Å²) in [6.45, 7) is 5.96. The van der Waals surface area contributed by atoms with Gasteiger partial charge in [0.1, 0.15) is 0 Å². The standard InChI is InChI=1S/C15H12S/c1-3-11-5-7-15-13(9-11)12-8-10(2)4-6-14(12)16-15/h3-9H,1H2,2H3. The van der Waals surface area contributed by atoms with E-state index < -0.39 is 0 Å². The minimum Gasteiger partial charge on any atom is -0.135 e. The van der Waals surface area contributed by atoms with Crippen molar-refractivity contribution in [2.45, 2.75) is 6.92 Å². The Morgan fingerprint density at radius 2 is 1.69 bits per heavy atom. The molecule has 0 nitrogen and oxygen atoms in total. The van der Waals surface area contributed by atoms with Crippen LogP contribution in [0, 0.1) is 6.92 Å². The van der Waals surface area contributed by atoms with E-state index in [1.165, 1.54) is 31.3 Å². The van der Waals surface area contributed by atoms with E-state index in [0.29, 0.717) is 0 Å². The highest BCUT2D eigenvalue weighted by Gasteiger charge is 2.04. The van der Waals surface area contributed by atoms with Crippen molar-refractivity contribution in [2.24, 2.45) is 0 Å². The monoisotopic (exact) mass is 224 g/mol. The fraction of sp³-hybridized carbons (Fsp3) is 0.0667. The van der Waals surface area contributed by atoms with Gasteiger partial charge in [0.05, 0.1) is 0 Å². The third-order valence-corrected chi connectivity index (χ3v) is 4.04. The van der Waals surface area contributed by atoms with Gasteiger partial charge in [0, 0.05) is 20.2 Å². The van der Waals surface area contributed by atoms with Gasteiger partial charge >= 0.3 is 0 Å². The minimum absolute atomic E-state index is 1.19. The Kier molecular flexibility index (Phi) is 2.08. The van der Waals surface area contributed by atoms with Gasteiger partial charge in [-0.2, -0.15) is 0 Å². The molecule has 2 aromatic carbocycles. The second-order valence-corrected chi connectivity index (χ2v) is 5.15. The van der Waals surface area contributed by atoms with Crippen molar-refractivity contribution < 1.29 is 0 Å². The molecule has 1 aromatic heterocycles. The Morgan fingerprint density at radius 1 is 1.00 bits per heavy atom. The average molecular weight is 224 g/mol. The quantitative estimate of drug-likeness (QED) is 0.545. The smallest absolute Gasteiger partial charge is 0.0355 e. The van der Waals surface area contributed by atoms with Crippen molar-refractivity contribution in [3.8, 4) is 0 Å². The highest BCUT2D eigenvalue weighted by molar-refractivity contribution is 7.25. The molecule has 0 saturated heterocycles. The SMILES string of the molecule is C=Cc1ccc2sc3ccc(C)cc3c2c1. The largest absolute Gasteiger partial charge is 0.135 e. The molecule has 0 aliphatic heterocycles. The highest BCUT2D eigenvalue weighted by Crippen LogP contribution is 2.34. The summed E-state index contributed by atoms with van der Waals surface area (Å²) < 4.78 is 2.72. The number of aryl methyl sites for hydroxylation is 1. The van der Waals surface area contributed by atoms with Crippen LogP contribution in [0.5, 0.6) is 0 Å². The lowest BCUT2D eigenvalue weighted by molar-refractivity contribution is 1.52. The van der Waals surface area contributed by atoms with Crippen LogP contribution in [-0.2, 0) is 0 Å². The van der Waals surface area contributed by atoms with Gasteiger partial charge in [-0.1, -0.05) is 30.4 Å². The molecule has 78 valence electrons. The number of hydrogen-bond acceptors (Lipinski definition) is 1. The normalized spacial score (nSPS) is 11.1. The summed E-state index contributed by atoms with van der Waals surface area (Å²) >= 11 is 1.86. The zero-order valence-corrected chi connectivity index (χ0v) is 9.97. The maximum Gasteiger partial charge on any atom is 0.0355 e. The zero-order valence-electron chi connectivity index (χ0n) is 9.16. The van der Waals surface area contributed by atoms with Crippen LogP contribution in [0.1, 0.15) is 11.1 Å². The molecule has 0 bridgehead atoms. The van der Waals surface area contributed by atoms with E-state index in [1.54, 1.807) is 0 Å². The first-order valence-electron chi connectivity index (χ1n) is 5.33. The maximum atomic E-state index is 3.82. The molecule has 0 atom stereocenters. The fourth-order valence-electron chi connectivity index (χ4n) is 2.04. The first kappa shape index (κ1) is 9.61. The Balaban J connectivity index is 2.49. The summed E-state index contributed by atoms with van der Waals surface area (Å²) in [5, 5.41) is 2.71. The Hall–Kier alpha value is -1.60. The van der Waals surface area contributed by atoms with Crippen LogP contribution in [0.4, 0.5) is 0 Å². The van der Waals surface area contributed by atoms with Gasteiger partial charge in [-0.25, -0.2) is 0 Å². The first-order valence-corrected chi connectivity index (χ1v) is 6.15. The van der Waals surface area contributed by atoms with Gasteiger partial charge in [0.2, 0.25) is 0 Å². The van der Waals surface area contributed by atoms with E-state index in [9.17, 15) is 0 Å². The number of hydrogen-bond donors (Lipinski definition) is 0. The molecule has 1 heterocycles. The Morgan fingerprint density at radius 3 is 2.44 bits per heavy atom. The fourth-order valence-corrected chi connectivity index (χ4v) is 3.10. The van der Waals surface area contributed by atoms with Gasteiger partial charge in [-0.15, -0.1) is 11.3 Å². The number of benzene rings is 2. The summed E-state index contributed by atoms with van der Waals surface area (Å²) in [4.78, 5) is 0. The summed E-state index contributed by atoms with van der Waals surface area (Å²) in [7, 11) is 0. The van der Waals surface area contributed by atoms with Gasteiger partial charge in [-0.3, -0.25) is 0 Å². The van der Waals surface area contributed by atoms with Crippen LogP contribution in [0.15, 0.2) is 43.0 Å². The number of fused-ring (bicyclic) bond motifs is 3. The lowest BCUT2D eigenvalue weighted by atomic mass is 10.1. The summed E-state index contributed by atoms with van der Waals surface area (Å²) in [6.07, 6.45) is 1.90. The van der Waals surface area contributed by atoms with E-state index in [-0.39, 0.29) is 0 Å². The highest BCUT2D eigenvalue weighted by atomic mass is 32.1. The summed E-state index contributed by atoms with van der Waals surface area (Å²) in [5.74, 6) is 0. The molecular weight excluding hydrogens is 212 g/mol. The van der Waals surface area contributed by atoms with E-state index >= 15 is 0 Å². The van der Waals surface area contributed by atoms with Crippen molar-refractivity contribution in [3.63, 3.8) is 0 Å². The molecule has 0 unspecified atom stereocenters. The molecule has 0 aliphatic rings. The summed E-state index contributed by atoms with van der Waals surface area (Å²) in [5.41, 5.74) is 2.50. The van der Waals surface area contributed by atoms with Gasteiger partial charge in [-0.05, 0) is 36.8 Å². The third-order valence-electron chi connectivity index (χ3n) is 2.88. The van der Waals surface area contributed by atoms with Crippen LogP contribution in [-0.4, -0.2) is 0 Å². The molecule has 0 amide bonds. The van der Waals surface area contributed by atoms with E-state index in [2.05, 4.69) is 49.9 Å². The predicted octanol–water partition coefficient (Wildman–Crippen LogP) is 5.01.